The number of hydrogen-bond donors (Lipinski definition) is 2. The number of nitrogens with zero attached hydrogens (tertiary/aromatic N) is 1. The third-order valence-electron chi connectivity index (χ3n) is 1.47. The van der Waals surface area contributed by atoms with Crippen molar-refractivity contribution < 1.29 is 23.1 Å². The fourth-order valence-electron chi connectivity index (χ4n) is 0.936. The van der Waals surface area contributed by atoms with Crippen LogP contribution < -0.4 is 5.73 Å². The van der Waals surface area contributed by atoms with Gasteiger partial charge in [0.25, 0.3) is 6.43 Å². The molecule has 0 saturated carbocycles. The summed E-state index contributed by atoms with van der Waals surface area (Å²) < 4.78 is 37.3. The van der Waals surface area contributed by atoms with E-state index in [0.717, 1.165) is 0 Å². The number of nitrogen functional groups attached to an aromatic ring is 1. The van der Waals surface area contributed by atoms with E-state index in [-0.39, 0.29) is 0 Å². The lowest BCUT2D eigenvalue weighted by molar-refractivity contribution is 0.0677. The standard InChI is InChI=1S/C7H5F3N2O2/c8-5(9)2-1-3(11)12-6(10)4(2)7(13)14/h1,5H,(H2,11,12)(H,13,14). The maximum atomic E-state index is 12.8. The van der Waals surface area contributed by atoms with Gasteiger partial charge >= 0.3 is 5.97 Å². The molecule has 0 unspecified atom stereocenters. The van der Waals surface area contributed by atoms with E-state index in [2.05, 4.69) is 4.98 Å². The minimum Gasteiger partial charge on any atom is -0.478 e. The molecule has 76 valence electrons. The molecule has 0 aliphatic heterocycles. The van der Waals surface area contributed by atoms with Gasteiger partial charge < -0.3 is 10.8 Å². The second kappa shape index (κ2) is 3.52. The smallest absolute Gasteiger partial charge is 0.340 e. The molecule has 0 radical (unpaired) electrons. The van der Waals surface area contributed by atoms with Crippen LogP contribution in [0.5, 0.6) is 0 Å². The van der Waals surface area contributed by atoms with Gasteiger partial charge in [0.2, 0.25) is 5.95 Å². The lowest BCUT2D eigenvalue weighted by Crippen LogP contribution is -2.10. The van der Waals surface area contributed by atoms with Gasteiger partial charge in [0.15, 0.2) is 0 Å². The number of halogens is 3. The van der Waals surface area contributed by atoms with E-state index < -0.39 is 35.3 Å². The number of rotatable bonds is 2. The Kier molecular flexibility index (Phi) is 2.59. The molecule has 7 heteroatoms. The van der Waals surface area contributed by atoms with E-state index in [9.17, 15) is 18.0 Å². The van der Waals surface area contributed by atoms with Crippen molar-refractivity contribution in [2.24, 2.45) is 0 Å². The molecule has 0 spiro atoms. The molecule has 0 amide bonds. The van der Waals surface area contributed by atoms with E-state index in [4.69, 9.17) is 10.8 Å². The lowest BCUT2D eigenvalue weighted by atomic mass is 10.1. The number of carbonyl (C=O) groups is 1. The molecular formula is C7H5F3N2O2. The fourth-order valence-corrected chi connectivity index (χ4v) is 0.936. The molecule has 0 aliphatic rings. The van der Waals surface area contributed by atoms with Crippen molar-refractivity contribution in [1.29, 1.82) is 0 Å². The maximum Gasteiger partial charge on any atom is 0.340 e. The summed E-state index contributed by atoms with van der Waals surface area (Å²) in [6.07, 6.45) is -3.11. The molecular weight excluding hydrogens is 201 g/mol. The van der Waals surface area contributed by atoms with Gasteiger partial charge in [-0.3, -0.25) is 0 Å². The highest BCUT2D eigenvalue weighted by Gasteiger charge is 2.23. The first kappa shape index (κ1) is 10.3. The average molecular weight is 206 g/mol. The van der Waals surface area contributed by atoms with Crippen molar-refractivity contribution in [1.82, 2.24) is 4.98 Å². The summed E-state index contributed by atoms with van der Waals surface area (Å²) in [6.45, 7) is 0. The van der Waals surface area contributed by atoms with Crippen molar-refractivity contribution in [3.63, 3.8) is 0 Å². The monoisotopic (exact) mass is 206 g/mol. The number of anilines is 1. The number of hydrogen-bond acceptors (Lipinski definition) is 3. The minimum absolute atomic E-state index is 0.484. The summed E-state index contributed by atoms with van der Waals surface area (Å²) in [4.78, 5) is 13.3. The summed E-state index contributed by atoms with van der Waals surface area (Å²) in [5.74, 6) is -3.79. The van der Waals surface area contributed by atoms with Crippen molar-refractivity contribution >= 4 is 11.8 Å². The number of carboxylic acid groups (broad SMARTS) is 1. The van der Waals surface area contributed by atoms with Crippen LogP contribution in [-0.2, 0) is 0 Å². The molecule has 0 atom stereocenters. The average Bonchev–Trinajstić information content (AvgIpc) is 2.01. The van der Waals surface area contributed by atoms with E-state index >= 15 is 0 Å². The Labute approximate surface area is 76.2 Å². The minimum atomic E-state index is -3.11. The molecule has 1 aromatic heterocycles. The molecule has 0 bridgehead atoms. The molecule has 0 aromatic carbocycles. The Bertz CT molecular complexity index is 381. The van der Waals surface area contributed by atoms with Crippen LogP contribution in [0.25, 0.3) is 0 Å². The first-order valence-electron chi connectivity index (χ1n) is 3.41. The van der Waals surface area contributed by atoms with Crippen LogP contribution in [0.1, 0.15) is 22.3 Å². The van der Waals surface area contributed by atoms with Crippen LogP contribution in [-0.4, -0.2) is 16.1 Å². The number of carboxylic acids is 1. The zero-order chi connectivity index (χ0) is 10.9. The largest absolute Gasteiger partial charge is 0.478 e. The first-order valence-corrected chi connectivity index (χ1v) is 3.41. The van der Waals surface area contributed by atoms with Gasteiger partial charge in [0, 0.05) is 5.56 Å². The molecule has 4 nitrogen and oxygen atoms in total. The highest BCUT2D eigenvalue weighted by atomic mass is 19.3. The van der Waals surface area contributed by atoms with Crippen LogP contribution in [0.2, 0.25) is 0 Å². The number of alkyl halides is 2. The Morgan fingerprint density at radius 3 is 2.57 bits per heavy atom. The molecule has 0 saturated heterocycles. The fraction of sp³-hybridized carbons (Fsp3) is 0.143. The summed E-state index contributed by atoms with van der Waals surface area (Å²) >= 11 is 0. The Morgan fingerprint density at radius 2 is 2.14 bits per heavy atom. The van der Waals surface area contributed by atoms with Gasteiger partial charge in [0.05, 0.1) is 0 Å². The summed E-state index contributed by atoms with van der Waals surface area (Å²) in [7, 11) is 0. The van der Waals surface area contributed by atoms with E-state index in [1.807, 2.05) is 0 Å². The Morgan fingerprint density at radius 1 is 1.57 bits per heavy atom. The van der Waals surface area contributed by atoms with Crippen LogP contribution >= 0.6 is 0 Å². The zero-order valence-corrected chi connectivity index (χ0v) is 6.67. The second-order valence-electron chi connectivity index (χ2n) is 2.41. The highest BCUT2D eigenvalue weighted by Crippen LogP contribution is 2.25. The van der Waals surface area contributed by atoms with E-state index in [1.165, 1.54) is 0 Å². The molecule has 0 fully saturated rings. The second-order valence-corrected chi connectivity index (χ2v) is 2.41. The zero-order valence-electron chi connectivity index (χ0n) is 6.67. The predicted octanol–water partition coefficient (Wildman–Crippen LogP) is 1.44. The van der Waals surface area contributed by atoms with Crippen molar-refractivity contribution in [2.45, 2.75) is 6.43 Å². The van der Waals surface area contributed by atoms with Gasteiger partial charge in [-0.05, 0) is 6.07 Å². The normalized spacial score (nSPS) is 10.6. The number of pyridine rings is 1. The van der Waals surface area contributed by atoms with Gasteiger partial charge in [-0.2, -0.15) is 4.39 Å². The van der Waals surface area contributed by atoms with Gasteiger partial charge in [-0.1, -0.05) is 0 Å². The molecule has 14 heavy (non-hydrogen) atoms. The number of nitrogens with two attached hydrogens (primary N) is 1. The van der Waals surface area contributed by atoms with E-state index in [1.54, 1.807) is 0 Å². The van der Waals surface area contributed by atoms with Crippen molar-refractivity contribution in [3.05, 3.63) is 23.1 Å². The predicted molar refractivity (Wildman–Crippen MR) is 40.5 cm³/mol. The maximum absolute atomic E-state index is 12.8. The summed E-state index contributed by atoms with van der Waals surface area (Å²) in [5.41, 5.74) is 2.87. The molecule has 1 aromatic rings. The van der Waals surface area contributed by atoms with Crippen molar-refractivity contribution in [3.8, 4) is 0 Å². The number of aromatic carboxylic acids is 1. The highest BCUT2D eigenvalue weighted by molar-refractivity contribution is 5.89. The van der Waals surface area contributed by atoms with Gasteiger partial charge in [-0.15, -0.1) is 0 Å². The van der Waals surface area contributed by atoms with Crippen molar-refractivity contribution in [2.75, 3.05) is 5.73 Å². The van der Waals surface area contributed by atoms with Crippen LogP contribution in [0.4, 0.5) is 19.0 Å². The lowest BCUT2D eigenvalue weighted by Gasteiger charge is -2.06. The third-order valence-corrected chi connectivity index (χ3v) is 1.47. The molecule has 1 rings (SSSR count). The van der Waals surface area contributed by atoms with Crippen LogP contribution in [0, 0.1) is 5.95 Å². The Hall–Kier alpha value is -1.79. The summed E-state index contributed by atoms with van der Waals surface area (Å²) in [5, 5.41) is 8.43. The van der Waals surface area contributed by atoms with Crippen LogP contribution in [0.3, 0.4) is 0 Å². The molecule has 1 heterocycles. The molecule has 0 aliphatic carbocycles. The molecule has 3 N–H and O–H groups in total. The SMILES string of the molecule is Nc1cc(C(F)F)c(C(=O)O)c(F)n1. The van der Waals surface area contributed by atoms with Gasteiger partial charge in [-0.25, -0.2) is 18.6 Å². The van der Waals surface area contributed by atoms with E-state index in [0.29, 0.717) is 6.07 Å². The number of aromatic nitrogens is 1. The summed E-state index contributed by atoms with van der Waals surface area (Å²) in [6, 6.07) is 0.636. The Balaban J connectivity index is 3.44. The van der Waals surface area contributed by atoms with Gasteiger partial charge in [0.1, 0.15) is 11.4 Å². The third kappa shape index (κ3) is 1.76. The van der Waals surface area contributed by atoms with Crippen LogP contribution in [0.15, 0.2) is 6.07 Å². The quantitative estimate of drug-likeness (QED) is 0.717. The first-order chi connectivity index (χ1) is 6.43. The topological polar surface area (TPSA) is 76.2 Å².